The van der Waals surface area contributed by atoms with Crippen LogP contribution in [0.25, 0.3) is 0 Å². The molecule has 2 aliphatic rings. The van der Waals surface area contributed by atoms with Gasteiger partial charge in [-0.25, -0.2) is 0 Å². The summed E-state index contributed by atoms with van der Waals surface area (Å²) in [4.78, 5) is 14.8. The molecule has 1 aromatic carbocycles. The number of nitrogens with zero attached hydrogens (tertiary/aromatic N) is 1. The van der Waals surface area contributed by atoms with Crippen molar-refractivity contribution < 1.29 is 9.53 Å². The lowest BCUT2D eigenvalue weighted by Gasteiger charge is -2.39. The summed E-state index contributed by atoms with van der Waals surface area (Å²) >= 11 is 0. The number of amides is 1. The smallest absolute Gasteiger partial charge is 0.225 e. The van der Waals surface area contributed by atoms with Crippen molar-refractivity contribution in [2.75, 3.05) is 13.1 Å². The van der Waals surface area contributed by atoms with Gasteiger partial charge in [0, 0.05) is 25.4 Å². The SMILES string of the molecule is CC1CN(C(=O)C2CCCCC2)CC(Cc2ccccc2)O1. The Morgan fingerprint density at radius 3 is 2.59 bits per heavy atom. The normalized spacial score (nSPS) is 26.9. The molecule has 1 aliphatic carbocycles. The predicted molar refractivity (Wildman–Crippen MR) is 87.6 cm³/mol. The summed E-state index contributed by atoms with van der Waals surface area (Å²) < 4.78 is 6.06. The lowest BCUT2D eigenvalue weighted by atomic mass is 9.88. The zero-order valence-electron chi connectivity index (χ0n) is 13.5. The Bertz CT molecular complexity index is 481. The van der Waals surface area contributed by atoms with E-state index in [4.69, 9.17) is 4.74 Å². The second-order valence-corrected chi connectivity index (χ2v) is 6.84. The van der Waals surface area contributed by atoms with Crippen LogP contribution in [-0.2, 0) is 16.0 Å². The Hall–Kier alpha value is -1.35. The van der Waals surface area contributed by atoms with Crippen LogP contribution in [0.15, 0.2) is 30.3 Å². The van der Waals surface area contributed by atoms with Crippen molar-refractivity contribution in [2.45, 2.75) is 57.7 Å². The predicted octanol–water partition coefficient (Wildman–Crippen LogP) is 3.43. The minimum Gasteiger partial charge on any atom is -0.371 e. The van der Waals surface area contributed by atoms with Crippen molar-refractivity contribution in [3.8, 4) is 0 Å². The maximum Gasteiger partial charge on any atom is 0.225 e. The number of rotatable bonds is 3. The van der Waals surface area contributed by atoms with Crippen molar-refractivity contribution in [1.29, 1.82) is 0 Å². The third-order valence-electron chi connectivity index (χ3n) is 4.90. The van der Waals surface area contributed by atoms with Gasteiger partial charge in [0.2, 0.25) is 5.91 Å². The van der Waals surface area contributed by atoms with Gasteiger partial charge in [-0.15, -0.1) is 0 Å². The number of benzene rings is 1. The molecule has 0 aromatic heterocycles. The Kier molecular flexibility index (Phi) is 5.14. The number of hydrogen-bond acceptors (Lipinski definition) is 2. The fourth-order valence-electron chi connectivity index (χ4n) is 3.82. The first-order valence-corrected chi connectivity index (χ1v) is 8.70. The first-order chi connectivity index (χ1) is 10.7. The molecule has 22 heavy (non-hydrogen) atoms. The summed E-state index contributed by atoms with van der Waals surface area (Å²) in [5.41, 5.74) is 1.28. The number of hydrogen-bond donors (Lipinski definition) is 0. The van der Waals surface area contributed by atoms with E-state index in [9.17, 15) is 4.79 Å². The molecule has 0 radical (unpaired) electrons. The molecule has 0 spiro atoms. The highest BCUT2D eigenvalue weighted by molar-refractivity contribution is 5.79. The van der Waals surface area contributed by atoms with Crippen LogP contribution in [0, 0.1) is 5.92 Å². The number of carbonyl (C=O) groups excluding carboxylic acids is 1. The van der Waals surface area contributed by atoms with Gasteiger partial charge in [0.05, 0.1) is 12.2 Å². The molecule has 1 aromatic rings. The standard InChI is InChI=1S/C19H27NO2/c1-15-13-20(19(21)17-10-6-3-7-11-17)14-18(22-15)12-16-8-4-2-5-9-16/h2,4-5,8-9,15,17-18H,3,6-7,10-14H2,1H3. The van der Waals surface area contributed by atoms with Gasteiger partial charge in [-0.1, -0.05) is 49.6 Å². The van der Waals surface area contributed by atoms with E-state index in [2.05, 4.69) is 36.1 Å². The molecule has 1 saturated carbocycles. The highest BCUT2D eigenvalue weighted by Crippen LogP contribution is 2.27. The van der Waals surface area contributed by atoms with Crippen molar-refractivity contribution in [2.24, 2.45) is 5.92 Å². The average molecular weight is 301 g/mol. The van der Waals surface area contributed by atoms with Crippen LogP contribution in [0.3, 0.4) is 0 Å². The third kappa shape index (κ3) is 3.89. The quantitative estimate of drug-likeness (QED) is 0.856. The van der Waals surface area contributed by atoms with E-state index in [1.807, 2.05) is 6.07 Å². The number of ether oxygens (including phenoxy) is 1. The van der Waals surface area contributed by atoms with E-state index in [0.29, 0.717) is 5.91 Å². The summed E-state index contributed by atoms with van der Waals surface area (Å²) in [5, 5.41) is 0. The minimum atomic E-state index is 0.124. The molecule has 0 bridgehead atoms. The zero-order valence-corrected chi connectivity index (χ0v) is 13.5. The maximum atomic E-state index is 12.8. The van der Waals surface area contributed by atoms with Gasteiger partial charge in [0.15, 0.2) is 0 Å². The summed E-state index contributed by atoms with van der Waals surface area (Å²) in [6.07, 6.45) is 7.02. The molecule has 3 nitrogen and oxygen atoms in total. The van der Waals surface area contributed by atoms with Gasteiger partial charge < -0.3 is 9.64 Å². The lowest BCUT2D eigenvalue weighted by molar-refractivity contribution is -0.149. The van der Waals surface area contributed by atoms with Crippen LogP contribution < -0.4 is 0 Å². The van der Waals surface area contributed by atoms with Gasteiger partial charge in [0.1, 0.15) is 0 Å². The summed E-state index contributed by atoms with van der Waals surface area (Å²) in [6.45, 7) is 3.58. The number of morpholine rings is 1. The second-order valence-electron chi connectivity index (χ2n) is 6.84. The topological polar surface area (TPSA) is 29.5 Å². The fourth-order valence-corrected chi connectivity index (χ4v) is 3.82. The Balaban J connectivity index is 1.61. The monoisotopic (exact) mass is 301 g/mol. The summed E-state index contributed by atoms with van der Waals surface area (Å²) in [5.74, 6) is 0.629. The second kappa shape index (κ2) is 7.28. The van der Waals surface area contributed by atoms with E-state index in [-0.39, 0.29) is 18.1 Å². The molecule has 2 atom stereocenters. The van der Waals surface area contributed by atoms with Crippen molar-refractivity contribution in [1.82, 2.24) is 4.90 Å². The lowest BCUT2D eigenvalue weighted by Crippen LogP contribution is -2.51. The van der Waals surface area contributed by atoms with Crippen LogP contribution in [0.4, 0.5) is 0 Å². The molecular formula is C19H27NO2. The minimum absolute atomic E-state index is 0.124. The Morgan fingerprint density at radius 1 is 1.14 bits per heavy atom. The molecule has 2 unspecified atom stereocenters. The van der Waals surface area contributed by atoms with Crippen LogP contribution in [0.5, 0.6) is 0 Å². The highest BCUT2D eigenvalue weighted by Gasteiger charge is 2.32. The Morgan fingerprint density at radius 2 is 1.86 bits per heavy atom. The Labute approximate surface area is 133 Å². The largest absolute Gasteiger partial charge is 0.371 e. The van der Waals surface area contributed by atoms with Crippen molar-refractivity contribution in [3.05, 3.63) is 35.9 Å². The maximum absolute atomic E-state index is 12.8. The van der Waals surface area contributed by atoms with E-state index < -0.39 is 0 Å². The molecule has 1 aliphatic heterocycles. The van der Waals surface area contributed by atoms with Gasteiger partial charge in [-0.2, -0.15) is 0 Å². The van der Waals surface area contributed by atoms with E-state index >= 15 is 0 Å². The van der Waals surface area contributed by atoms with Crippen molar-refractivity contribution in [3.63, 3.8) is 0 Å². The molecule has 1 heterocycles. The fraction of sp³-hybridized carbons (Fsp3) is 0.632. The number of carbonyl (C=O) groups is 1. The first-order valence-electron chi connectivity index (χ1n) is 8.70. The van der Waals surface area contributed by atoms with Crippen molar-refractivity contribution >= 4 is 5.91 Å². The van der Waals surface area contributed by atoms with Gasteiger partial charge >= 0.3 is 0 Å². The molecule has 1 amide bonds. The molecule has 2 fully saturated rings. The van der Waals surface area contributed by atoms with E-state index in [1.165, 1.54) is 24.8 Å². The summed E-state index contributed by atoms with van der Waals surface area (Å²) in [7, 11) is 0. The molecule has 120 valence electrons. The van der Waals surface area contributed by atoms with Crippen LogP contribution in [0.1, 0.15) is 44.6 Å². The van der Waals surface area contributed by atoms with Gasteiger partial charge in [-0.05, 0) is 25.3 Å². The van der Waals surface area contributed by atoms with Crippen LogP contribution in [-0.4, -0.2) is 36.1 Å². The third-order valence-corrected chi connectivity index (χ3v) is 4.90. The molecule has 3 heteroatoms. The average Bonchev–Trinajstić information content (AvgIpc) is 2.55. The van der Waals surface area contributed by atoms with Gasteiger partial charge in [0.25, 0.3) is 0 Å². The highest BCUT2D eigenvalue weighted by atomic mass is 16.5. The van der Waals surface area contributed by atoms with Crippen LogP contribution in [0.2, 0.25) is 0 Å². The molecule has 1 saturated heterocycles. The molecule has 3 rings (SSSR count). The zero-order chi connectivity index (χ0) is 15.4. The summed E-state index contributed by atoms with van der Waals surface area (Å²) in [6, 6.07) is 10.4. The van der Waals surface area contributed by atoms with Crippen LogP contribution >= 0.6 is 0 Å². The van der Waals surface area contributed by atoms with Gasteiger partial charge in [-0.3, -0.25) is 4.79 Å². The van der Waals surface area contributed by atoms with E-state index in [1.54, 1.807) is 0 Å². The molecular weight excluding hydrogens is 274 g/mol. The molecule has 0 N–H and O–H groups in total. The van der Waals surface area contributed by atoms with E-state index in [0.717, 1.165) is 32.4 Å². The first kappa shape index (κ1) is 15.5.